The number of halogens is 3. The Hall–Kier alpha value is -3.56. The van der Waals surface area contributed by atoms with Crippen LogP contribution in [0.2, 0.25) is 0 Å². The standard InChI is InChI=1S/C18H16F3N3O4/c1-9(16(26)24-12-5-2-10(3-6-12)15(23)25)28-17(27)13-7-4-11(8-14(13)22)18(19,20)21/h2-9H,22H2,1H3,(H2,23,25)(H,24,26)/t9-/m0/s1. The highest BCUT2D eigenvalue weighted by Crippen LogP contribution is 2.31. The van der Waals surface area contributed by atoms with Crippen LogP contribution in [0.15, 0.2) is 42.5 Å². The molecule has 1 atom stereocenters. The van der Waals surface area contributed by atoms with Crippen molar-refractivity contribution in [2.75, 3.05) is 11.1 Å². The van der Waals surface area contributed by atoms with Gasteiger partial charge < -0.3 is 21.5 Å². The lowest BCUT2D eigenvalue weighted by Crippen LogP contribution is -2.30. The van der Waals surface area contributed by atoms with Gasteiger partial charge in [0.05, 0.1) is 11.1 Å². The molecule has 0 fully saturated rings. The van der Waals surface area contributed by atoms with E-state index >= 15 is 0 Å². The van der Waals surface area contributed by atoms with Gasteiger partial charge in [0, 0.05) is 16.9 Å². The molecule has 2 aromatic carbocycles. The largest absolute Gasteiger partial charge is 0.449 e. The minimum atomic E-state index is -4.60. The maximum absolute atomic E-state index is 12.6. The first-order chi connectivity index (χ1) is 13.0. The number of nitrogens with two attached hydrogens (primary N) is 2. The summed E-state index contributed by atoms with van der Waals surface area (Å²) < 4.78 is 42.9. The van der Waals surface area contributed by atoms with Gasteiger partial charge in [-0.05, 0) is 49.4 Å². The van der Waals surface area contributed by atoms with Crippen molar-refractivity contribution in [1.29, 1.82) is 0 Å². The fourth-order valence-corrected chi connectivity index (χ4v) is 2.16. The minimum absolute atomic E-state index is 0.246. The lowest BCUT2D eigenvalue weighted by Gasteiger charge is -2.15. The Morgan fingerprint density at radius 1 is 1.07 bits per heavy atom. The van der Waals surface area contributed by atoms with E-state index in [9.17, 15) is 27.6 Å². The summed E-state index contributed by atoms with van der Waals surface area (Å²) in [5, 5.41) is 2.46. The van der Waals surface area contributed by atoms with E-state index in [1.54, 1.807) is 0 Å². The molecule has 0 unspecified atom stereocenters. The molecule has 10 heteroatoms. The van der Waals surface area contributed by atoms with Gasteiger partial charge in [0.2, 0.25) is 5.91 Å². The zero-order valence-corrected chi connectivity index (χ0v) is 14.5. The number of benzene rings is 2. The molecular weight excluding hydrogens is 379 g/mol. The summed E-state index contributed by atoms with van der Waals surface area (Å²) in [5.74, 6) is -2.36. The molecule has 2 amide bonds. The molecule has 0 aliphatic heterocycles. The number of esters is 1. The number of carbonyl (C=O) groups excluding carboxylic acids is 3. The Balaban J connectivity index is 2.03. The summed E-state index contributed by atoms with van der Waals surface area (Å²) in [7, 11) is 0. The van der Waals surface area contributed by atoms with Crippen LogP contribution in [-0.4, -0.2) is 23.9 Å². The van der Waals surface area contributed by atoms with Crippen LogP contribution in [0.3, 0.4) is 0 Å². The molecule has 0 aromatic heterocycles. The summed E-state index contributed by atoms with van der Waals surface area (Å²) in [5.41, 5.74) is 9.46. The van der Waals surface area contributed by atoms with Crippen LogP contribution < -0.4 is 16.8 Å². The number of nitrogens with one attached hydrogen (secondary N) is 1. The first-order valence-corrected chi connectivity index (χ1v) is 7.87. The van der Waals surface area contributed by atoms with Crippen LogP contribution in [0.1, 0.15) is 33.2 Å². The van der Waals surface area contributed by atoms with E-state index < -0.39 is 41.3 Å². The van der Waals surface area contributed by atoms with Gasteiger partial charge in [0.1, 0.15) is 0 Å². The first kappa shape index (κ1) is 20.7. The summed E-state index contributed by atoms with van der Waals surface area (Å²) in [6.45, 7) is 1.28. The predicted octanol–water partition coefficient (Wildman–Crippen LogP) is 2.57. The minimum Gasteiger partial charge on any atom is -0.449 e. The average Bonchev–Trinajstić information content (AvgIpc) is 2.61. The third-order valence-corrected chi connectivity index (χ3v) is 3.69. The predicted molar refractivity (Wildman–Crippen MR) is 94.3 cm³/mol. The lowest BCUT2D eigenvalue weighted by molar-refractivity contribution is -0.137. The third kappa shape index (κ3) is 5.00. The number of nitrogen functional groups attached to an aromatic ring is 1. The molecule has 28 heavy (non-hydrogen) atoms. The molecule has 0 heterocycles. The van der Waals surface area contributed by atoms with Gasteiger partial charge in [-0.1, -0.05) is 0 Å². The van der Waals surface area contributed by atoms with Crippen molar-refractivity contribution in [3.05, 3.63) is 59.2 Å². The molecule has 5 N–H and O–H groups in total. The quantitative estimate of drug-likeness (QED) is 0.530. The SMILES string of the molecule is C[C@H](OC(=O)c1ccc(C(F)(F)F)cc1N)C(=O)Nc1ccc(C(N)=O)cc1. The molecule has 2 aromatic rings. The van der Waals surface area contributed by atoms with Crippen molar-refractivity contribution < 1.29 is 32.3 Å². The molecule has 0 saturated carbocycles. The second-order valence-electron chi connectivity index (χ2n) is 5.78. The van der Waals surface area contributed by atoms with Crippen molar-refractivity contribution in [2.24, 2.45) is 5.73 Å². The van der Waals surface area contributed by atoms with Gasteiger partial charge in [0.15, 0.2) is 6.10 Å². The number of anilines is 2. The molecule has 0 spiro atoms. The number of ether oxygens (including phenoxy) is 1. The molecule has 2 rings (SSSR count). The smallest absolute Gasteiger partial charge is 0.416 e. The summed E-state index contributed by atoms with van der Waals surface area (Å²) in [6.07, 6.45) is -5.86. The van der Waals surface area contributed by atoms with Crippen molar-refractivity contribution in [2.45, 2.75) is 19.2 Å². The molecule has 0 aliphatic carbocycles. The van der Waals surface area contributed by atoms with Crippen LogP contribution in [0.4, 0.5) is 24.5 Å². The molecule has 0 bridgehead atoms. The Labute approximate surface area is 157 Å². The van der Waals surface area contributed by atoms with E-state index in [1.807, 2.05) is 0 Å². The highest BCUT2D eigenvalue weighted by Gasteiger charge is 2.31. The number of hydrogen-bond donors (Lipinski definition) is 3. The van der Waals surface area contributed by atoms with Gasteiger partial charge in [-0.3, -0.25) is 9.59 Å². The van der Waals surface area contributed by atoms with Gasteiger partial charge >= 0.3 is 12.1 Å². The maximum atomic E-state index is 12.6. The topological polar surface area (TPSA) is 125 Å². The highest BCUT2D eigenvalue weighted by molar-refractivity contribution is 6.00. The highest BCUT2D eigenvalue weighted by atomic mass is 19.4. The number of alkyl halides is 3. The van der Waals surface area contributed by atoms with Crippen molar-refractivity contribution in [1.82, 2.24) is 0 Å². The second-order valence-corrected chi connectivity index (χ2v) is 5.78. The molecule has 148 valence electrons. The fraction of sp³-hybridized carbons (Fsp3) is 0.167. The van der Waals surface area contributed by atoms with Crippen LogP contribution >= 0.6 is 0 Å². The maximum Gasteiger partial charge on any atom is 0.416 e. The normalized spacial score (nSPS) is 12.1. The van der Waals surface area contributed by atoms with Gasteiger partial charge in [-0.25, -0.2) is 4.79 Å². The number of hydrogen-bond acceptors (Lipinski definition) is 5. The number of amides is 2. The molecule has 0 saturated heterocycles. The van der Waals surface area contributed by atoms with Gasteiger partial charge in [0.25, 0.3) is 5.91 Å². The van der Waals surface area contributed by atoms with E-state index in [0.29, 0.717) is 17.8 Å². The number of primary amides is 1. The van der Waals surface area contributed by atoms with E-state index in [1.165, 1.54) is 31.2 Å². The molecule has 7 nitrogen and oxygen atoms in total. The summed E-state index contributed by atoms with van der Waals surface area (Å²) in [4.78, 5) is 35.2. The van der Waals surface area contributed by atoms with Gasteiger partial charge in [-0.2, -0.15) is 13.2 Å². The molecule has 0 radical (unpaired) electrons. The third-order valence-electron chi connectivity index (χ3n) is 3.69. The Morgan fingerprint density at radius 2 is 1.68 bits per heavy atom. The van der Waals surface area contributed by atoms with Crippen molar-refractivity contribution in [3.63, 3.8) is 0 Å². The van der Waals surface area contributed by atoms with E-state index in [4.69, 9.17) is 16.2 Å². The van der Waals surface area contributed by atoms with Crippen LogP contribution in [0.5, 0.6) is 0 Å². The molecular formula is C18H16F3N3O4. The summed E-state index contributed by atoms with van der Waals surface area (Å²) in [6, 6.07) is 7.85. The number of rotatable bonds is 5. The summed E-state index contributed by atoms with van der Waals surface area (Å²) >= 11 is 0. The van der Waals surface area contributed by atoms with E-state index in [0.717, 1.165) is 6.07 Å². The average molecular weight is 395 g/mol. The van der Waals surface area contributed by atoms with Gasteiger partial charge in [-0.15, -0.1) is 0 Å². The zero-order chi connectivity index (χ0) is 21.1. The van der Waals surface area contributed by atoms with Crippen LogP contribution in [0, 0.1) is 0 Å². The number of carbonyl (C=O) groups is 3. The Kier molecular flexibility index (Phi) is 5.92. The molecule has 0 aliphatic rings. The van der Waals surface area contributed by atoms with Crippen molar-refractivity contribution in [3.8, 4) is 0 Å². The zero-order valence-electron chi connectivity index (χ0n) is 14.5. The monoisotopic (exact) mass is 395 g/mol. The van der Waals surface area contributed by atoms with Crippen LogP contribution in [0.25, 0.3) is 0 Å². The Bertz CT molecular complexity index is 911. The fourth-order valence-electron chi connectivity index (χ4n) is 2.16. The van der Waals surface area contributed by atoms with E-state index in [-0.39, 0.29) is 11.1 Å². The van der Waals surface area contributed by atoms with E-state index in [2.05, 4.69) is 5.32 Å². The lowest BCUT2D eigenvalue weighted by atomic mass is 10.1. The Morgan fingerprint density at radius 3 is 2.18 bits per heavy atom. The van der Waals surface area contributed by atoms with Crippen LogP contribution in [-0.2, 0) is 15.7 Å². The second kappa shape index (κ2) is 7.99. The van der Waals surface area contributed by atoms with Crippen molar-refractivity contribution >= 4 is 29.2 Å². The first-order valence-electron chi connectivity index (χ1n) is 7.87.